The zero-order valence-corrected chi connectivity index (χ0v) is 18.8. The first kappa shape index (κ1) is 25.4. The van der Waals surface area contributed by atoms with Crippen LogP contribution < -0.4 is 9.64 Å². The summed E-state index contributed by atoms with van der Waals surface area (Å²) in [5, 5.41) is 0. The number of esters is 1. The largest absolute Gasteiger partial charge is 0.573 e. The Morgan fingerprint density at radius 3 is 2.38 bits per heavy atom. The number of alkyl halides is 3. The Bertz CT molecular complexity index is 938. The first-order chi connectivity index (χ1) is 16.3. The molecule has 184 valence electrons. The minimum absolute atomic E-state index is 0.152. The number of rotatable bonds is 9. The van der Waals surface area contributed by atoms with Crippen LogP contribution in [-0.4, -0.2) is 62.5 Å². The highest BCUT2D eigenvalue weighted by Gasteiger charge is 2.33. The number of carbonyl (C=O) groups excluding carboxylic acids is 2. The predicted molar refractivity (Wildman–Crippen MR) is 118 cm³/mol. The van der Waals surface area contributed by atoms with Crippen molar-refractivity contribution in [2.24, 2.45) is 0 Å². The molecule has 7 nitrogen and oxygen atoms in total. The van der Waals surface area contributed by atoms with Crippen LogP contribution in [0.2, 0.25) is 0 Å². The molecule has 1 atom stereocenters. The second-order valence-electron chi connectivity index (χ2n) is 7.73. The number of carbonyl (C=O) groups is 2. The number of nitrogens with zero attached hydrogens (tertiary/aromatic N) is 2. The molecule has 0 N–H and O–H groups in total. The zero-order valence-electron chi connectivity index (χ0n) is 18.8. The summed E-state index contributed by atoms with van der Waals surface area (Å²) in [7, 11) is 1.28. The van der Waals surface area contributed by atoms with Crippen molar-refractivity contribution < 1.29 is 37.0 Å². The molecule has 0 bridgehead atoms. The van der Waals surface area contributed by atoms with Gasteiger partial charge in [-0.05, 0) is 29.8 Å². The maximum atomic E-state index is 12.8. The van der Waals surface area contributed by atoms with Gasteiger partial charge in [0.15, 0.2) is 0 Å². The molecule has 0 spiro atoms. The molecule has 1 aliphatic rings. The van der Waals surface area contributed by atoms with Gasteiger partial charge in [-0.2, -0.15) is 0 Å². The molecular formula is C24H27F3N2O5. The molecule has 2 aromatic rings. The van der Waals surface area contributed by atoms with E-state index in [0.717, 1.165) is 5.56 Å². The van der Waals surface area contributed by atoms with Gasteiger partial charge in [0, 0.05) is 44.8 Å². The molecular weight excluding hydrogens is 453 g/mol. The summed E-state index contributed by atoms with van der Waals surface area (Å²) >= 11 is 0. The van der Waals surface area contributed by atoms with Crippen molar-refractivity contribution in [3.63, 3.8) is 0 Å². The van der Waals surface area contributed by atoms with Crippen LogP contribution in [0.4, 0.5) is 18.9 Å². The fraction of sp³-hybridized carbons (Fsp3) is 0.417. The Labute approximate surface area is 196 Å². The van der Waals surface area contributed by atoms with E-state index in [1.54, 1.807) is 0 Å². The lowest BCUT2D eigenvalue weighted by Gasteiger charge is -2.29. The quantitative estimate of drug-likeness (QED) is 0.402. The van der Waals surface area contributed by atoms with Crippen LogP contribution in [0.5, 0.6) is 5.75 Å². The molecule has 0 aliphatic carbocycles. The summed E-state index contributed by atoms with van der Waals surface area (Å²) in [5.74, 6) is -1.03. The minimum Gasteiger partial charge on any atom is -0.467 e. The highest BCUT2D eigenvalue weighted by Crippen LogP contribution is 2.26. The minimum atomic E-state index is -4.76. The first-order valence-corrected chi connectivity index (χ1v) is 10.9. The van der Waals surface area contributed by atoms with Crippen LogP contribution in [0.15, 0.2) is 54.6 Å². The molecule has 1 unspecified atom stereocenters. The van der Waals surface area contributed by atoms with Crippen LogP contribution in [0.3, 0.4) is 0 Å². The smallest absolute Gasteiger partial charge is 0.467 e. The fourth-order valence-corrected chi connectivity index (χ4v) is 3.78. The van der Waals surface area contributed by atoms with E-state index in [9.17, 15) is 22.8 Å². The maximum Gasteiger partial charge on any atom is 0.573 e. The summed E-state index contributed by atoms with van der Waals surface area (Å²) in [4.78, 5) is 28.7. The van der Waals surface area contributed by atoms with E-state index in [2.05, 4.69) is 4.74 Å². The average Bonchev–Trinajstić information content (AvgIpc) is 3.00. The standard InChI is InChI=1S/C24H27F3N2O5/c1-32-23(31)21(12-16-33-17-18-5-3-2-4-6-18)29-15-14-28(13-11-22(29)30)19-7-9-20(10-8-19)34-24(25,26)27/h2-10,21H,11-17H2,1H3. The van der Waals surface area contributed by atoms with E-state index in [1.807, 2.05) is 35.2 Å². The molecule has 10 heteroatoms. The summed E-state index contributed by atoms with van der Waals surface area (Å²) in [6.07, 6.45) is -4.32. The highest BCUT2D eigenvalue weighted by atomic mass is 19.4. The summed E-state index contributed by atoms with van der Waals surface area (Å²) in [6.45, 7) is 1.70. The van der Waals surface area contributed by atoms with Crippen molar-refractivity contribution in [1.29, 1.82) is 0 Å². The third kappa shape index (κ3) is 7.38. The number of benzene rings is 2. The van der Waals surface area contributed by atoms with Gasteiger partial charge in [0.05, 0.1) is 13.7 Å². The first-order valence-electron chi connectivity index (χ1n) is 10.9. The van der Waals surface area contributed by atoms with Crippen molar-refractivity contribution in [1.82, 2.24) is 4.90 Å². The van der Waals surface area contributed by atoms with E-state index in [1.165, 1.54) is 36.3 Å². The SMILES string of the molecule is COC(=O)C(CCOCc1ccccc1)N1CCN(c2ccc(OC(F)(F)F)cc2)CCC1=O. The summed E-state index contributed by atoms with van der Waals surface area (Å²) < 4.78 is 51.7. The molecule has 1 amide bonds. The molecule has 1 aliphatic heterocycles. The lowest BCUT2D eigenvalue weighted by molar-refractivity contribution is -0.274. The molecule has 0 aromatic heterocycles. The Kier molecular flexibility index (Phi) is 8.75. The molecule has 0 saturated carbocycles. The van der Waals surface area contributed by atoms with Crippen LogP contribution >= 0.6 is 0 Å². The van der Waals surface area contributed by atoms with E-state index < -0.39 is 18.4 Å². The third-order valence-corrected chi connectivity index (χ3v) is 5.46. The van der Waals surface area contributed by atoms with Crippen molar-refractivity contribution in [2.45, 2.75) is 31.9 Å². The van der Waals surface area contributed by atoms with Crippen molar-refractivity contribution in [3.8, 4) is 5.75 Å². The number of ether oxygens (including phenoxy) is 3. The lowest BCUT2D eigenvalue weighted by Crippen LogP contribution is -2.47. The van der Waals surface area contributed by atoms with Gasteiger partial charge in [0.2, 0.25) is 5.91 Å². The van der Waals surface area contributed by atoms with E-state index in [0.29, 0.717) is 25.4 Å². The fourth-order valence-electron chi connectivity index (χ4n) is 3.78. The second kappa shape index (κ2) is 11.7. The second-order valence-corrected chi connectivity index (χ2v) is 7.73. The Morgan fingerprint density at radius 1 is 1.03 bits per heavy atom. The van der Waals surface area contributed by atoms with Gasteiger partial charge in [-0.3, -0.25) is 4.79 Å². The van der Waals surface area contributed by atoms with Crippen molar-refractivity contribution in [3.05, 3.63) is 60.2 Å². The van der Waals surface area contributed by atoms with E-state index >= 15 is 0 Å². The topological polar surface area (TPSA) is 68.3 Å². The number of halogens is 3. The van der Waals surface area contributed by atoms with E-state index in [4.69, 9.17) is 9.47 Å². The zero-order chi connectivity index (χ0) is 24.6. The normalized spacial score (nSPS) is 15.6. The molecule has 0 radical (unpaired) electrons. The lowest BCUT2D eigenvalue weighted by atomic mass is 10.1. The maximum absolute atomic E-state index is 12.8. The number of hydrogen-bond donors (Lipinski definition) is 0. The van der Waals surface area contributed by atoms with Gasteiger partial charge in [0.1, 0.15) is 11.8 Å². The van der Waals surface area contributed by atoms with Gasteiger partial charge < -0.3 is 24.0 Å². The molecule has 1 heterocycles. The number of anilines is 1. The van der Waals surface area contributed by atoms with Gasteiger partial charge in [-0.15, -0.1) is 13.2 Å². The molecule has 1 fully saturated rings. The molecule has 34 heavy (non-hydrogen) atoms. The van der Waals surface area contributed by atoms with Crippen molar-refractivity contribution in [2.75, 3.05) is 38.3 Å². The summed E-state index contributed by atoms with van der Waals surface area (Å²) in [6, 6.07) is 14.3. The van der Waals surface area contributed by atoms with Crippen LogP contribution in [0.1, 0.15) is 18.4 Å². The summed E-state index contributed by atoms with van der Waals surface area (Å²) in [5.41, 5.74) is 1.66. The Morgan fingerprint density at radius 2 is 1.74 bits per heavy atom. The van der Waals surface area contributed by atoms with Crippen LogP contribution in [-0.2, 0) is 25.7 Å². The monoisotopic (exact) mass is 480 g/mol. The van der Waals surface area contributed by atoms with Gasteiger partial charge in [-0.25, -0.2) is 4.79 Å². The highest BCUT2D eigenvalue weighted by molar-refractivity contribution is 5.85. The molecule has 2 aromatic carbocycles. The Hall–Kier alpha value is -3.27. The molecule has 3 rings (SSSR count). The number of amides is 1. The van der Waals surface area contributed by atoms with Gasteiger partial charge in [-0.1, -0.05) is 30.3 Å². The van der Waals surface area contributed by atoms with E-state index in [-0.39, 0.29) is 37.6 Å². The van der Waals surface area contributed by atoms with Gasteiger partial charge >= 0.3 is 12.3 Å². The predicted octanol–water partition coefficient (Wildman–Crippen LogP) is 3.77. The number of hydrogen-bond acceptors (Lipinski definition) is 6. The van der Waals surface area contributed by atoms with Crippen LogP contribution in [0.25, 0.3) is 0 Å². The Balaban J connectivity index is 1.60. The van der Waals surface area contributed by atoms with Crippen LogP contribution in [0, 0.1) is 0 Å². The number of methoxy groups -OCH3 is 1. The average molecular weight is 480 g/mol. The third-order valence-electron chi connectivity index (χ3n) is 5.46. The van der Waals surface area contributed by atoms with Gasteiger partial charge in [0.25, 0.3) is 0 Å². The van der Waals surface area contributed by atoms with Crippen molar-refractivity contribution >= 4 is 17.6 Å². The molecule has 1 saturated heterocycles.